The van der Waals surface area contributed by atoms with E-state index in [0.29, 0.717) is 36.1 Å². The lowest BCUT2D eigenvalue weighted by Crippen LogP contribution is -2.50. The monoisotopic (exact) mass is 432 g/mol. The summed E-state index contributed by atoms with van der Waals surface area (Å²) in [5, 5.41) is 2.91. The highest BCUT2D eigenvalue weighted by Gasteiger charge is 2.35. The molecular weight excluding hydrogens is 408 g/mol. The van der Waals surface area contributed by atoms with E-state index in [-0.39, 0.29) is 12.6 Å². The fourth-order valence-corrected chi connectivity index (χ4v) is 4.44. The Labute approximate surface area is 175 Å². The summed E-state index contributed by atoms with van der Waals surface area (Å²) in [6, 6.07) is 10.4. The lowest BCUT2D eigenvalue weighted by molar-refractivity contribution is -0.128. The van der Waals surface area contributed by atoms with Crippen LogP contribution >= 0.6 is 0 Å². The molecule has 2 aromatic carbocycles. The van der Waals surface area contributed by atoms with E-state index in [1.165, 1.54) is 4.31 Å². The number of carbonyl (C=O) groups is 1. The Hall–Kier alpha value is -2.94. The van der Waals surface area contributed by atoms with Crippen molar-refractivity contribution in [3.8, 4) is 17.2 Å². The van der Waals surface area contributed by atoms with E-state index >= 15 is 0 Å². The summed E-state index contributed by atoms with van der Waals surface area (Å²) in [7, 11) is -3.57. The Bertz CT molecular complexity index is 1080. The second-order valence-electron chi connectivity index (χ2n) is 7.51. The molecule has 0 spiro atoms. The van der Waals surface area contributed by atoms with Gasteiger partial charge in [0.05, 0.1) is 24.5 Å². The molecule has 1 N–H and O–H groups in total. The third-order valence-corrected chi connectivity index (χ3v) is 6.25. The number of ether oxygens (including phenoxy) is 3. The molecule has 0 fully saturated rings. The molecule has 30 heavy (non-hydrogen) atoms. The SMILES string of the molecule is Cc1ccc2c(c1)N(S(C)(=O)=O)C[C@@H](C(=O)N[C@@H](C)c1ccc3c(c1)OCCO3)O2. The summed E-state index contributed by atoms with van der Waals surface area (Å²) in [6.07, 6.45) is 0.159. The first-order chi connectivity index (χ1) is 14.2. The van der Waals surface area contributed by atoms with Gasteiger partial charge in [-0.15, -0.1) is 0 Å². The fourth-order valence-electron chi connectivity index (χ4n) is 3.53. The molecule has 8 nitrogen and oxygen atoms in total. The molecule has 1 amide bonds. The highest BCUT2D eigenvalue weighted by atomic mass is 32.2. The first-order valence-electron chi connectivity index (χ1n) is 9.67. The average Bonchev–Trinajstić information content (AvgIpc) is 2.71. The van der Waals surface area contributed by atoms with Crippen molar-refractivity contribution < 1.29 is 27.4 Å². The number of nitrogens with one attached hydrogen (secondary N) is 1. The molecule has 4 rings (SSSR count). The van der Waals surface area contributed by atoms with Crippen molar-refractivity contribution >= 4 is 21.6 Å². The van der Waals surface area contributed by atoms with E-state index in [9.17, 15) is 13.2 Å². The Kier molecular flexibility index (Phi) is 5.23. The number of fused-ring (bicyclic) bond motifs is 2. The Morgan fingerprint density at radius 1 is 1.10 bits per heavy atom. The summed E-state index contributed by atoms with van der Waals surface area (Å²) < 4.78 is 42.8. The number of anilines is 1. The molecule has 160 valence electrons. The molecule has 2 heterocycles. The first-order valence-corrected chi connectivity index (χ1v) is 11.5. The summed E-state index contributed by atoms with van der Waals surface area (Å²) in [5.41, 5.74) is 2.20. The van der Waals surface area contributed by atoms with Crippen LogP contribution in [0.3, 0.4) is 0 Å². The quantitative estimate of drug-likeness (QED) is 0.796. The highest BCUT2D eigenvalue weighted by molar-refractivity contribution is 7.92. The number of aryl methyl sites for hydroxylation is 1. The Morgan fingerprint density at radius 2 is 1.80 bits per heavy atom. The number of rotatable bonds is 4. The van der Waals surface area contributed by atoms with Gasteiger partial charge < -0.3 is 19.5 Å². The van der Waals surface area contributed by atoms with Crippen molar-refractivity contribution in [3.05, 3.63) is 47.5 Å². The average molecular weight is 432 g/mol. The van der Waals surface area contributed by atoms with Crippen molar-refractivity contribution in [3.63, 3.8) is 0 Å². The highest BCUT2D eigenvalue weighted by Crippen LogP contribution is 2.36. The predicted octanol–water partition coefficient (Wildman–Crippen LogP) is 2.17. The number of carbonyl (C=O) groups excluding carboxylic acids is 1. The molecule has 2 aromatic rings. The van der Waals surface area contributed by atoms with Crippen molar-refractivity contribution in [2.75, 3.05) is 30.3 Å². The molecule has 0 saturated heterocycles. The van der Waals surface area contributed by atoms with Gasteiger partial charge in [-0.25, -0.2) is 8.42 Å². The van der Waals surface area contributed by atoms with E-state index in [1.54, 1.807) is 12.1 Å². The molecular formula is C21H24N2O6S. The second kappa shape index (κ2) is 7.71. The number of amides is 1. The van der Waals surface area contributed by atoms with Gasteiger partial charge >= 0.3 is 0 Å². The number of sulfonamides is 1. The van der Waals surface area contributed by atoms with Crippen molar-refractivity contribution in [1.82, 2.24) is 5.32 Å². The molecule has 0 saturated carbocycles. The molecule has 2 aliphatic heterocycles. The zero-order chi connectivity index (χ0) is 21.5. The van der Waals surface area contributed by atoms with Gasteiger partial charge in [0.1, 0.15) is 19.0 Å². The summed E-state index contributed by atoms with van der Waals surface area (Å²) >= 11 is 0. The molecule has 0 radical (unpaired) electrons. The van der Waals surface area contributed by atoms with Crippen LogP contribution in [0.15, 0.2) is 36.4 Å². The van der Waals surface area contributed by atoms with E-state index in [1.807, 2.05) is 38.1 Å². The van der Waals surface area contributed by atoms with Gasteiger partial charge in [-0.05, 0) is 49.2 Å². The fraction of sp³-hybridized carbons (Fsp3) is 0.381. The minimum absolute atomic E-state index is 0.0883. The Balaban J connectivity index is 1.53. The third-order valence-electron chi connectivity index (χ3n) is 5.10. The van der Waals surface area contributed by atoms with E-state index < -0.39 is 22.0 Å². The van der Waals surface area contributed by atoms with Crippen molar-refractivity contribution in [1.29, 1.82) is 0 Å². The molecule has 0 bridgehead atoms. The van der Waals surface area contributed by atoms with Crippen LogP contribution in [-0.4, -0.2) is 46.4 Å². The van der Waals surface area contributed by atoms with Crippen molar-refractivity contribution in [2.45, 2.75) is 26.0 Å². The van der Waals surface area contributed by atoms with Gasteiger partial charge in [0.25, 0.3) is 5.91 Å². The van der Waals surface area contributed by atoms with Crippen LogP contribution in [-0.2, 0) is 14.8 Å². The van der Waals surface area contributed by atoms with Crippen LogP contribution in [0.25, 0.3) is 0 Å². The van der Waals surface area contributed by atoms with Crippen LogP contribution in [0, 0.1) is 6.92 Å². The molecule has 0 aromatic heterocycles. The smallest absolute Gasteiger partial charge is 0.263 e. The van der Waals surface area contributed by atoms with Gasteiger partial charge in [-0.2, -0.15) is 0 Å². The number of benzene rings is 2. The van der Waals surface area contributed by atoms with Crippen LogP contribution in [0.4, 0.5) is 5.69 Å². The van der Waals surface area contributed by atoms with Crippen LogP contribution < -0.4 is 23.8 Å². The number of hydrogen-bond acceptors (Lipinski definition) is 6. The van der Waals surface area contributed by atoms with Gasteiger partial charge in [-0.1, -0.05) is 12.1 Å². The van der Waals surface area contributed by atoms with E-state index in [0.717, 1.165) is 17.4 Å². The molecule has 2 aliphatic rings. The molecule has 0 aliphatic carbocycles. The Morgan fingerprint density at radius 3 is 2.53 bits per heavy atom. The standard InChI is InChI=1S/C21H24N2O6S/c1-13-4-6-17-16(10-13)23(30(3,25)26)12-20(29-17)21(24)22-14(2)15-5-7-18-19(11-15)28-9-8-27-18/h4-7,10-11,14,20H,8-9,12H2,1-3H3,(H,22,24)/t14-,20-/m0/s1. The predicted molar refractivity (Wildman–Crippen MR) is 112 cm³/mol. The first kappa shape index (κ1) is 20.3. The van der Waals surface area contributed by atoms with Crippen LogP contribution in [0.5, 0.6) is 17.2 Å². The lowest BCUT2D eigenvalue weighted by Gasteiger charge is -2.34. The van der Waals surface area contributed by atoms with E-state index in [4.69, 9.17) is 14.2 Å². The zero-order valence-electron chi connectivity index (χ0n) is 17.0. The summed E-state index contributed by atoms with van der Waals surface area (Å²) in [6.45, 7) is 4.62. The minimum atomic E-state index is -3.57. The molecule has 2 atom stereocenters. The summed E-state index contributed by atoms with van der Waals surface area (Å²) in [4.78, 5) is 12.9. The van der Waals surface area contributed by atoms with E-state index in [2.05, 4.69) is 5.32 Å². The maximum Gasteiger partial charge on any atom is 0.263 e. The second-order valence-corrected chi connectivity index (χ2v) is 9.41. The van der Waals surface area contributed by atoms with Gasteiger partial charge in [0.2, 0.25) is 10.0 Å². The lowest BCUT2D eigenvalue weighted by atomic mass is 10.1. The summed E-state index contributed by atoms with van der Waals surface area (Å²) in [5.74, 6) is 1.29. The topological polar surface area (TPSA) is 94.2 Å². The van der Waals surface area contributed by atoms with Crippen LogP contribution in [0.2, 0.25) is 0 Å². The van der Waals surface area contributed by atoms with Crippen LogP contribution in [0.1, 0.15) is 24.1 Å². The maximum absolute atomic E-state index is 12.9. The normalized spacial score (nSPS) is 18.8. The van der Waals surface area contributed by atoms with Gasteiger partial charge in [-0.3, -0.25) is 9.10 Å². The molecule has 0 unspecified atom stereocenters. The molecule has 9 heteroatoms. The maximum atomic E-state index is 12.9. The third kappa shape index (κ3) is 4.02. The largest absolute Gasteiger partial charge is 0.486 e. The minimum Gasteiger partial charge on any atom is -0.486 e. The van der Waals surface area contributed by atoms with Gasteiger partial charge in [0.15, 0.2) is 17.6 Å². The van der Waals surface area contributed by atoms with Gasteiger partial charge in [0, 0.05) is 0 Å². The number of nitrogens with zero attached hydrogens (tertiary/aromatic N) is 1. The zero-order valence-corrected chi connectivity index (χ0v) is 17.9. The number of hydrogen-bond donors (Lipinski definition) is 1. The van der Waals surface area contributed by atoms with Crippen molar-refractivity contribution in [2.24, 2.45) is 0 Å².